The number of nitrogens with zero attached hydrogens (tertiary/aromatic N) is 2. The van der Waals surface area contributed by atoms with E-state index in [9.17, 15) is 9.59 Å². The number of nitrogens with one attached hydrogen (secondary N) is 1. The average molecular weight is 402 g/mol. The van der Waals surface area contributed by atoms with Crippen LogP contribution in [0.3, 0.4) is 0 Å². The number of benzene rings is 1. The molecule has 0 aliphatic carbocycles. The maximum Gasteiger partial charge on any atom is 0.241 e. The Morgan fingerprint density at radius 1 is 1.26 bits per heavy atom. The number of carbonyl (C=O) groups excluding carboxylic acids is 2. The van der Waals surface area contributed by atoms with Crippen LogP contribution in [0.15, 0.2) is 21.7 Å². The highest BCUT2D eigenvalue weighted by Gasteiger charge is 2.34. The van der Waals surface area contributed by atoms with Gasteiger partial charge in [0.25, 0.3) is 0 Å². The Hall–Kier alpha value is -1.74. The van der Waals surface area contributed by atoms with E-state index in [4.69, 9.17) is 9.47 Å². The summed E-state index contributed by atoms with van der Waals surface area (Å²) in [5.41, 5.74) is 0.740. The van der Waals surface area contributed by atoms with Crippen molar-refractivity contribution in [3.8, 4) is 11.5 Å². The molecule has 0 fully saturated rings. The van der Waals surface area contributed by atoms with Gasteiger partial charge in [0.1, 0.15) is 16.9 Å². The number of amidine groups is 1. The SMILES string of the molecule is COc1cc(OC)c(C2SC(NC(C)=O)=NN2C(C)=O)cc1Br. The molecule has 9 heteroatoms. The van der Waals surface area contributed by atoms with Gasteiger partial charge in [0.05, 0.1) is 18.7 Å². The van der Waals surface area contributed by atoms with Crippen LogP contribution in [-0.2, 0) is 9.59 Å². The maximum atomic E-state index is 11.9. The van der Waals surface area contributed by atoms with E-state index in [1.807, 2.05) is 6.07 Å². The number of hydrogen-bond donors (Lipinski definition) is 1. The van der Waals surface area contributed by atoms with Crippen LogP contribution in [0, 0.1) is 0 Å². The van der Waals surface area contributed by atoms with Crippen molar-refractivity contribution >= 4 is 44.7 Å². The van der Waals surface area contributed by atoms with E-state index in [2.05, 4.69) is 26.3 Å². The Bertz CT molecular complexity index is 680. The molecular weight excluding hydrogens is 386 g/mol. The summed E-state index contributed by atoms with van der Waals surface area (Å²) in [5, 5.41) is 8.01. The fourth-order valence-electron chi connectivity index (χ4n) is 2.04. The Kier molecular flexibility index (Phi) is 5.53. The predicted octanol–water partition coefficient (Wildman–Crippen LogP) is 2.47. The molecule has 124 valence electrons. The molecule has 1 heterocycles. The van der Waals surface area contributed by atoms with Crippen LogP contribution in [0.2, 0.25) is 0 Å². The lowest BCUT2D eigenvalue weighted by atomic mass is 10.1. The van der Waals surface area contributed by atoms with E-state index in [0.717, 1.165) is 10.0 Å². The van der Waals surface area contributed by atoms with Crippen molar-refractivity contribution in [1.82, 2.24) is 10.3 Å². The van der Waals surface area contributed by atoms with Gasteiger partial charge in [-0.25, -0.2) is 5.01 Å². The number of rotatable bonds is 3. The van der Waals surface area contributed by atoms with Crippen LogP contribution in [0.5, 0.6) is 11.5 Å². The molecule has 1 aliphatic rings. The maximum absolute atomic E-state index is 11.9. The van der Waals surface area contributed by atoms with Crippen molar-refractivity contribution < 1.29 is 19.1 Å². The second-order valence-electron chi connectivity index (χ2n) is 4.65. The molecule has 0 saturated carbocycles. The molecule has 2 rings (SSSR count). The number of thioether (sulfide) groups is 1. The summed E-state index contributed by atoms with van der Waals surface area (Å²) in [6.07, 6.45) is 0. The minimum absolute atomic E-state index is 0.239. The number of carbonyl (C=O) groups is 2. The minimum Gasteiger partial charge on any atom is -0.496 e. The highest BCUT2D eigenvalue weighted by Crippen LogP contribution is 2.45. The monoisotopic (exact) mass is 401 g/mol. The van der Waals surface area contributed by atoms with Gasteiger partial charge in [-0.3, -0.25) is 9.59 Å². The third kappa shape index (κ3) is 3.78. The summed E-state index contributed by atoms with van der Waals surface area (Å²) in [6, 6.07) is 3.55. The van der Waals surface area contributed by atoms with Gasteiger partial charge in [-0.2, -0.15) is 0 Å². The number of hydrazone groups is 1. The van der Waals surface area contributed by atoms with Gasteiger partial charge in [0.2, 0.25) is 11.8 Å². The van der Waals surface area contributed by atoms with Crippen LogP contribution in [0.1, 0.15) is 24.8 Å². The topological polar surface area (TPSA) is 80.2 Å². The van der Waals surface area contributed by atoms with E-state index in [1.54, 1.807) is 20.3 Å². The summed E-state index contributed by atoms with van der Waals surface area (Å²) < 4.78 is 11.4. The largest absolute Gasteiger partial charge is 0.496 e. The number of amides is 2. The summed E-state index contributed by atoms with van der Waals surface area (Å²) >= 11 is 4.69. The molecule has 0 bridgehead atoms. The predicted molar refractivity (Wildman–Crippen MR) is 91.3 cm³/mol. The van der Waals surface area contributed by atoms with E-state index >= 15 is 0 Å². The van der Waals surface area contributed by atoms with Crippen LogP contribution in [0.4, 0.5) is 0 Å². The smallest absolute Gasteiger partial charge is 0.241 e. The van der Waals surface area contributed by atoms with Crippen LogP contribution in [0.25, 0.3) is 0 Å². The zero-order valence-electron chi connectivity index (χ0n) is 13.0. The number of halogens is 1. The zero-order valence-corrected chi connectivity index (χ0v) is 15.4. The van der Waals surface area contributed by atoms with Gasteiger partial charge < -0.3 is 14.8 Å². The van der Waals surface area contributed by atoms with Crippen LogP contribution in [-0.4, -0.2) is 36.2 Å². The first kappa shape index (κ1) is 17.6. The van der Waals surface area contributed by atoms with Crippen molar-refractivity contribution in [2.24, 2.45) is 5.10 Å². The number of methoxy groups -OCH3 is 2. The molecule has 1 unspecified atom stereocenters. The lowest BCUT2D eigenvalue weighted by molar-refractivity contribution is -0.129. The van der Waals surface area contributed by atoms with Crippen molar-refractivity contribution in [2.45, 2.75) is 19.2 Å². The van der Waals surface area contributed by atoms with Crippen LogP contribution < -0.4 is 14.8 Å². The van der Waals surface area contributed by atoms with Crippen molar-refractivity contribution in [3.63, 3.8) is 0 Å². The van der Waals surface area contributed by atoms with Crippen molar-refractivity contribution in [1.29, 1.82) is 0 Å². The van der Waals surface area contributed by atoms with Gasteiger partial charge in [0, 0.05) is 25.5 Å². The summed E-state index contributed by atoms with van der Waals surface area (Å²) in [6.45, 7) is 2.80. The number of hydrogen-bond acceptors (Lipinski definition) is 6. The molecular formula is C14H16BrN3O4S. The Morgan fingerprint density at radius 3 is 2.43 bits per heavy atom. The highest BCUT2D eigenvalue weighted by atomic mass is 79.9. The standard InChI is InChI=1S/C14H16BrN3O4S/c1-7(19)16-14-17-18(8(2)20)13(23-14)9-5-10(15)12(22-4)6-11(9)21-3/h5-6,13H,1-4H3,(H,16,17,19). The van der Waals surface area contributed by atoms with Gasteiger partial charge in [0.15, 0.2) is 5.17 Å². The normalized spacial score (nSPS) is 16.8. The van der Waals surface area contributed by atoms with Crippen molar-refractivity contribution in [2.75, 3.05) is 14.2 Å². The second kappa shape index (κ2) is 7.22. The first-order chi connectivity index (χ1) is 10.9. The quantitative estimate of drug-likeness (QED) is 0.841. The Morgan fingerprint density at radius 2 is 1.91 bits per heavy atom. The first-order valence-electron chi connectivity index (χ1n) is 6.61. The molecule has 1 atom stereocenters. The Balaban J connectivity index is 2.42. The minimum atomic E-state index is -0.438. The van der Waals surface area contributed by atoms with E-state index in [1.165, 1.54) is 30.6 Å². The molecule has 1 aromatic rings. The van der Waals surface area contributed by atoms with Crippen LogP contribution >= 0.6 is 27.7 Å². The molecule has 0 aromatic heterocycles. The molecule has 7 nitrogen and oxygen atoms in total. The van der Waals surface area contributed by atoms with Crippen molar-refractivity contribution in [3.05, 3.63) is 22.2 Å². The van der Waals surface area contributed by atoms with E-state index in [-0.39, 0.29) is 11.8 Å². The van der Waals surface area contributed by atoms with Gasteiger partial charge in [-0.05, 0) is 22.0 Å². The lowest BCUT2D eigenvalue weighted by Gasteiger charge is -2.22. The average Bonchev–Trinajstić information content (AvgIpc) is 2.90. The molecule has 0 radical (unpaired) electrons. The summed E-state index contributed by atoms with van der Waals surface area (Å²) in [7, 11) is 3.10. The zero-order chi connectivity index (χ0) is 17.1. The highest BCUT2D eigenvalue weighted by molar-refractivity contribution is 9.10. The lowest BCUT2D eigenvalue weighted by Crippen LogP contribution is -2.25. The third-order valence-corrected chi connectivity index (χ3v) is 4.72. The van der Waals surface area contributed by atoms with E-state index in [0.29, 0.717) is 16.7 Å². The molecule has 1 aliphatic heterocycles. The van der Waals surface area contributed by atoms with Gasteiger partial charge >= 0.3 is 0 Å². The molecule has 1 aromatic carbocycles. The third-order valence-electron chi connectivity index (χ3n) is 3.02. The molecule has 0 spiro atoms. The number of ether oxygens (including phenoxy) is 2. The van der Waals surface area contributed by atoms with E-state index < -0.39 is 5.37 Å². The fraction of sp³-hybridized carbons (Fsp3) is 0.357. The Labute approximate surface area is 146 Å². The molecule has 2 amide bonds. The molecule has 0 saturated heterocycles. The molecule has 1 N–H and O–H groups in total. The first-order valence-corrected chi connectivity index (χ1v) is 8.28. The summed E-state index contributed by atoms with van der Waals surface area (Å²) in [4.78, 5) is 23.1. The second-order valence-corrected chi connectivity index (χ2v) is 6.57. The summed E-state index contributed by atoms with van der Waals surface area (Å²) in [5.74, 6) is 0.694. The molecule has 23 heavy (non-hydrogen) atoms. The van der Waals surface area contributed by atoms with Gasteiger partial charge in [-0.1, -0.05) is 11.8 Å². The van der Waals surface area contributed by atoms with Gasteiger partial charge in [-0.15, -0.1) is 5.10 Å². The fourth-order valence-corrected chi connectivity index (χ4v) is 3.72.